The van der Waals surface area contributed by atoms with E-state index in [1.807, 2.05) is 0 Å². The molecule has 0 bridgehead atoms. The number of amides is 1. The van der Waals surface area contributed by atoms with E-state index in [-0.39, 0.29) is 5.91 Å². The van der Waals surface area contributed by atoms with Crippen LogP contribution in [0.2, 0.25) is 0 Å². The van der Waals surface area contributed by atoms with Gasteiger partial charge in [0.15, 0.2) is 0 Å². The van der Waals surface area contributed by atoms with Crippen molar-refractivity contribution in [2.75, 3.05) is 13.1 Å². The first-order chi connectivity index (χ1) is 6.24. The van der Waals surface area contributed by atoms with E-state index in [9.17, 15) is 4.79 Å². The summed E-state index contributed by atoms with van der Waals surface area (Å²) < 4.78 is 0. The molecule has 1 amide bonds. The van der Waals surface area contributed by atoms with Crippen molar-refractivity contribution in [3.63, 3.8) is 0 Å². The summed E-state index contributed by atoms with van der Waals surface area (Å²) in [5.74, 6) is 0.963. The van der Waals surface area contributed by atoms with Gasteiger partial charge in [-0.3, -0.25) is 4.79 Å². The highest BCUT2D eigenvalue weighted by Gasteiger charge is 2.34. The molecule has 0 aliphatic heterocycles. The molecule has 1 fully saturated rings. The van der Waals surface area contributed by atoms with Crippen LogP contribution in [0.3, 0.4) is 0 Å². The Hall–Kier alpha value is -0.570. The zero-order chi connectivity index (χ0) is 9.68. The zero-order valence-corrected chi connectivity index (χ0v) is 8.60. The quantitative estimate of drug-likeness (QED) is 0.602. The second-order valence-electron chi connectivity index (χ2n) is 3.83. The van der Waals surface area contributed by atoms with E-state index in [1.165, 1.54) is 19.3 Å². The third kappa shape index (κ3) is 4.27. The lowest BCUT2D eigenvalue weighted by Gasteiger charge is -2.03. The molecule has 2 N–H and O–H groups in total. The highest BCUT2D eigenvalue weighted by Crippen LogP contribution is 2.34. The summed E-state index contributed by atoms with van der Waals surface area (Å²) in [6.45, 7) is 5.44. The molecule has 1 aliphatic carbocycles. The molecule has 1 aliphatic rings. The summed E-state index contributed by atoms with van der Waals surface area (Å²) in [5.41, 5.74) is 0. The minimum absolute atomic E-state index is 0.0581. The number of hydrogen-bond donors (Lipinski definition) is 2. The van der Waals surface area contributed by atoms with Crippen LogP contribution in [0.1, 0.15) is 33.1 Å². The van der Waals surface area contributed by atoms with Gasteiger partial charge in [-0.2, -0.15) is 0 Å². The van der Waals surface area contributed by atoms with Crippen LogP contribution in [0, 0.1) is 5.92 Å². The van der Waals surface area contributed by atoms with Crippen molar-refractivity contribution in [2.24, 2.45) is 5.92 Å². The SMILES string of the molecule is CCCC1CC1NCCNC(C)=O. The normalized spacial score (nSPS) is 25.7. The number of carbonyl (C=O) groups is 1. The Balaban J connectivity index is 1.88. The molecule has 2 atom stereocenters. The Bertz CT molecular complexity index is 170. The van der Waals surface area contributed by atoms with E-state index >= 15 is 0 Å². The smallest absolute Gasteiger partial charge is 0.216 e. The fourth-order valence-electron chi connectivity index (χ4n) is 1.68. The topological polar surface area (TPSA) is 41.1 Å². The maximum Gasteiger partial charge on any atom is 0.216 e. The van der Waals surface area contributed by atoms with Crippen molar-refractivity contribution in [1.29, 1.82) is 0 Å². The molecule has 13 heavy (non-hydrogen) atoms. The highest BCUT2D eigenvalue weighted by molar-refractivity contribution is 5.72. The molecule has 0 spiro atoms. The average molecular weight is 184 g/mol. The first-order valence-electron chi connectivity index (χ1n) is 5.22. The Morgan fingerprint density at radius 1 is 1.46 bits per heavy atom. The van der Waals surface area contributed by atoms with E-state index < -0.39 is 0 Å². The molecule has 0 aromatic heterocycles. The zero-order valence-electron chi connectivity index (χ0n) is 8.60. The Kier molecular flexibility index (Phi) is 4.22. The molecule has 0 aromatic rings. The van der Waals surface area contributed by atoms with E-state index in [0.29, 0.717) is 0 Å². The monoisotopic (exact) mass is 184 g/mol. The lowest BCUT2D eigenvalue weighted by Crippen LogP contribution is -2.31. The van der Waals surface area contributed by atoms with Crippen molar-refractivity contribution in [3.05, 3.63) is 0 Å². The summed E-state index contributed by atoms with van der Waals surface area (Å²) in [7, 11) is 0. The summed E-state index contributed by atoms with van der Waals surface area (Å²) in [6.07, 6.45) is 3.96. The van der Waals surface area contributed by atoms with Gasteiger partial charge in [0, 0.05) is 26.1 Å². The Labute approximate surface area is 80.3 Å². The molecule has 0 heterocycles. The van der Waals surface area contributed by atoms with Crippen LogP contribution >= 0.6 is 0 Å². The molecular formula is C10H20N2O. The summed E-state index contributed by atoms with van der Waals surface area (Å²) >= 11 is 0. The Morgan fingerprint density at radius 3 is 2.85 bits per heavy atom. The first-order valence-corrected chi connectivity index (χ1v) is 5.22. The van der Waals surface area contributed by atoms with Crippen LogP contribution in [-0.4, -0.2) is 25.0 Å². The van der Waals surface area contributed by atoms with E-state index in [2.05, 4.69) is 17.6 Å². The van der Waals surface area contributed by atoms with Gasteiger partial charge in [0.2, 0.25) is 5.91 Å². The van der Waals surface area contributed by atoms with Crippen molar-refractivity contribution in [1.82, 2.24) is 10.6 Å². The highest BCUT2D eigenvalue weighted by atomic mass is 16.1. The number of rotatable bonds is 6. The predicted octanol–water partition coefficient (Wildman–Crippen LogP) is 0.901. The van der Waals surface area contributed by atoms with Gasteiger partial charge in [-0.25, -0.2) is 0 Å². The molecule has 76 valence electrons. The van der Waals surface area contributed by atoms with Gasteiger partial charge >= 0.3 is 0 Å². The van der Waals surface area contributed by atoms with Crippen LogP contribution in [0.15, 0.2) is 0 Å². The molecule has 3 nitrogen and oxygen atoms in total. The molecule has 0 saturated heterocycles. The van der Waals surface area contributed by atoms with Gasteiger partial charge < -0.3 is 10.6 Å². The summed E-state index contributed by atoms with van der Waals surface area (Å²) in [6, 6.07) is 0.730. The van der Waals surface area contributed by atoms with E-state index in [0.717, 1.165) is 25.0 Å². The third-order valence-electron chi connectivity index (χ3n) is 2.49. The van der Waals surface area contributed by atoms with Gasteiger partial charge in [0.1, 0.15) is 0 Å². The van der Waals surface area contributed by atoms with Gasteiger partial charge in [-0.05, 0) is 18.8 Å². The lowest BCUT2D eigenvalue weighted by atomic mass is 10.2. The van der Waals surface area contributed by atoms with Crippen molar-refractivity contribution in [2.45, 2.75) is 39.2 Å². The molecule has 3 heteroatoms. The lowest BCUT2D eigenvalue weighted by molar-refractivity contribution is -0.118. The van der Waals surface area contributed by atoms with E-state index in [1.54, 1.807) is 6.92 Å². The van der Waals surface area contributed by atoms with Crippen molar-refractivity contribution in [3.8, 4) is 0 Å². The minimum atomic E-state index is 0.0581. The van der Waals surface area contributed by atoms with Gasteiger partial charge in [0.05, 0.1) is 0 Å². The molecular weight excluding hydrogens is 164 g/mol. The third-order valence-corrected chi connectivity index (χ3v) is 2.49. The number of nitrogens with one attached hydrogen (secondary N) is 2. The molecule has 1 rings (SSSR count). The molecule has 1 saturated carbocycles. The number of carbonyl (C=O) groups excluding carboxylic acids is 1. The first kappa shape index (κ1) is 10.5. The van der Waals surface area contributed by atoms with Gasteiger partial charge in [-0.15, -0.1) is 0 Å². The fourth-order valence-corrected chi connectivity index (χ4v) is 1.68. The minimum Gasteiger partial charge on any atom is -0.355 e. The summed E-state index contributed by atoms with van der Waals surface area (Å²) in [5, 5.41) is 6.21. The van der Waals surface area contributed by atoms with Crippen LogP contribution in [0.25, 0.3) is 0 Å². The summed E-state index contributed by atoms with van der Waals surface area (Å²) in [4.78, 5) is 10.5. The molecule has 0 aromatic carbocycles. The van der Waals surface area contributed by atoms with Crippen molar-refractivity contribution < 1.29 is 4.79 Å². The van der Waals surface area contributed by atoms with Crippen LogP contribution in [0.5, 0.6) is 0 Å². The Morgan fingerprint density at radius 2 is 2.23 bits per heavy atom. The maximum atomic E-state index is 10.5. The van der Waals surface area contributed by atoms with Crippen LogP contribution in [0.4, 0.5) is 0 Å². The second kappa shape index (κ2) is 5.22. The van der Waals surface area contributed by atoms with Gasteiger partial charge in [-0.1, -0.05) is 13.3 Å². The van der Waals surface area contributed by atoms with Crippen LogP contribution in [-0.2, 0) is 4.79 Å². The molecule has 0 radical (unpaired) electrons. The standard InChI is InChI=1S/C10H20N2O/c1-3-4-9-7-10(9)12-6-5-11-8(2)13/h9-10,12H,3-7H2,1-2H3,(H,11,13). The largest absolute Gasteiger partial charge is 0.355 e. The number of hydrogen-bond acceptors (Lipinski definition) is 2. The van der Waals surface area contributed by atoms with Gasteiger partial charge in [0.25, 0.3) is 0 Å². The fraction of sp³-hybridized carbons (Fsp3) is 0.900. The van der Waals surface area contributed by atoms with E-state index in [4.69, 9.17) is 0 Å². The maximum absolute atomic E-state index is 10.5. The van der Waals surface area contributed by atoms with Crippen molar-refractivity contribution >= 4 is 5.91 Å². The van der Waals surface area contributed by atoms with Crippen LogP contribution < -0.4 is 10.6 Å². The molecule has 2 unspecified atom stereocenters. The second-order valence-corrected chi connectivity index (χ2v) is 3.83. The predicted molar refractivity (Wildman–Crippen MR) is 53.5 cm³/mol. The average Bonchev–Trinajstić information content (AvgIpc) is 2.78.